The zero-order chi connectivity index (χ0) is 14.1. The number of aryl methyl sites for hydroxylation is 2. The molecular weight excluding hydrogens is 254 g/mol. The number of nitrogens with zero attached hydrogens (tertiary/aromatic N) is 4. The molecule has 2 N–H and O–H groups in total. The Morgan fingerprint density at radius 3 is 2.95 bits per heavy atom. The van der Waals surface area contributed by atoms with Crippen LogP contribution in [-0.4, -0.2) is 32.0 Å². The van der Waals surface area contributed by atoms with Gasteiger partial charge in [-0.2, -0.15) is 5.10 Å². The fourth-order valence-corrected chi connectivity index (χ4v) is 3.00. The number of anilines is 1. The number of hydrogen-bond acceptors (Lipinski definition) is 4. The van der Waals surface area contributed by atoms with Crippen molar-refractivity contribution in [1.29, 1.82) is 0 Å². The van der Waals surface area contributed by atoms with Crippen LogP contribution in [0.3, 0.4) is 0 Å². The highest BCUT2D eigenvalue weighted by molar-refractivity contribution is 5.77. The van der Waals surface area contributed by atoms with Crippen LogP contribution >= 0.6 is 0 Å². The summed E-state index contributed by atoms with van der Waals surface area (Å²) in [5.41, 5.74) is 9.11. The SMILES string of the molecule is CCCc1nn(C)c2c1nc(N)n2CC1CCCCO1. The van der Waals surface area contributed by atoms with Crippen molar-refractivity contribution in [3.63, 3.8) is 0 Å². The summed E-state index contributed by atoms with van der Waals surface area (Å²) in [5.74, 6) is 0.569. The third kappa shape index (κ3) is 2.28. The van der Waals surface area contributed by atoms with E-state index in [9.17, 15) is 0 Å². The van der Waals surface area contributed by atoms with Crippen LogP contribution in [0, 0.1) is 0 Å². The minimum absolute atomic E-state index is 0.243. The van der Waals surface area contributed by atoms with Crippen molar-refractivity contribution in [3.05, 3.63) is 5.69 Å². The average molecular weight is 277 g/mol. The minimum Gasteiger partial charge on any atom is -0.376 e. The van der Waals surface area contributed by atoms with E-state index in [1.165, 1.54) is 6.42 Å². The standard InChI is InChI=1S/C14H23N5O/c1-3-6-11-12-13(18(2)17-11)19(14(15)16-12)9-10-7-4-5-8-20-10/h10H,3-9H2,1-2H3,(H2,15,16). The van der Waals surface area contributed by atoms with Crippen LogP contribution < -0.4 is 5.73 Å². The lowest BCUT2D eigenvalue weighted by atomic mass is 10.1. The second kappa shape index (κ2) is 5.44. The average Bonchev–Trinajstić information content (AvgIpc) is 2.91. The summed E-state index contributed by atoms with van der Waals surface area (Å²) < 4.78 is 9.76. The number of rotatable bonds is 4. The quantitative estimate of drug-likeness (QED) is 0.926. The van der Waals surface area contributed by atoms with Gasteiger partial charge in [0.25, 0.3) is 0 Å². The van der Waals surface area contributed by atoms with Gasteiger partial charge in [-0.1, -0.05) is 13.3 Å². The molecule has 2 aromatic rings. The third-order valence-corrected chi connectivity index (χ3v) is 3.97. The van der Waals surface area contributed by atoms with Crippen molar-refractivity contribution in [1.82, 2.24) is 19.3 Å². The number of nitrogen functional groups attached to an aromatic ring is 1. The molecule has 3 rings (SSSR count). The maximum absolute atomic E-state index is 6.10. The van der Waals surface area contributed by atoms with Crippen LogP contribution in [0.5, 0.6) is 0 Å². The Morgan fingerprint density at radius 2 is 2.25 bits per heavy atom. The molecule has 20 heavy (non-hydrogen) atoms. The summed E-state index contributed by atoms with van der Waals surface area (Å²) in [4.78, 5) is 4.52. The van der Waals surface area contributed by atoms with Crippen molar-refractivity contribution in [2.45, 2.75) is 51.7 Å². The predicted octanol–water partition coefficient (Wildman–Crippen LogP) is 1.87. The van der Waals surface area contributed by atoms with E-state index in [1.807, 2.05) is 11.7 Å². The Morgan fingerprint density at radius 1 is 1.40 bits per heavy atom. The summed E-state index contributed by atoms with van der Waals surface area (Å²) >= 11 is 0. The highest BCUT2D eigenvalue weighted by atomic mass is 16.5. The molecule has 1 fully saturated rings. The first-order chi connectivity index (χ1) is 9.70. The van der Waals surface area contributed by atoms with Gasteiger partial charge in [0, 0.05) is 13.7 Å². The summed E-state index contributed by atoms with van der Waals surface area (Å²) in [6.45, 7) is 3.78. The Kier molecular flexibility index (Phi) is 3.65. The van der Waals surface area contributed by atoms with Gasteiger partial charge in [0.05, 0.1) is 18.3 Å². The number of fused-ring (bicyclic) bond motifs is 1. The largest absolute Gasteiger partial charge is 0.376 e. The highest BCUT2D eigenvalue weighted by Gasteiger charge is 2.21. The van der Waals surface area contributed by atoms with Crippen LogP contribution in [0.4, 0.5) is 5.95 Å². The summed E-state index contributed by atoms with van der Waals surface area (Å²) in [7, 11) is 1.96. The highest BCUT2D eigenvalue weighted by Crippen LogP contribution is 2.24. The first-order valence-corrected chi connectivity index (χ1v) is 7.50. The number of aromatic nitrogens is 4. The minimum atomic E-state index is 0.243. The number of hydrogen-bond donors (Lipinski definition) is 1. The fourth-order valence-electron chi connectivity index (χ4n) is 3.00. The Labute approximate surface area is 118 Å². The molecule has 110 valence electrons. The predicted molar refractivity (Wildman–Crippen MR) is 78.5 cm³/mol. The summed E-state index contributed by atoms with van der Waals surface area (Å²) in [6.07, 6.45) is 5.73. The van der Waals surface area contributed by atoms with E-state index < -0.39 is 0 Å². The molecule has 0 spiro atoms. The van der Waals surface area contributed by atoms with Crippen LogP contribution in [0.1, 0.15) is 38.3 Å². The molecule has 1 unspecified atom stereocenters. The van der Waals surface area contributed by atoms with Gasteiger partial charge in [0.15, 0.2) is 5.65 Å². The molecule has 0 aromatic carbocycles. The van der Waals surface area contributed by atoms with Crippen LogP contribution in [0.25, 0.3) is 11.2 Å². The van der Waals surface area contributed by atoms with Gasteiger partial charge in [0.1, 0.15) is 5.52 Å². The lowest BCUT2D eigenvalue weighted by Crippen LogP contribution is -2.25. The molecule has 0 radical (unpaired) electrons. The molecule has 1 saturated heterocycles. The number of nitrogens with two attached hydrogens (primary N) is 1. The lowest BCUT2D eigenvalue weighted by Gasteiger charge is -2.23. The smallest absolute Gasteiger partial charge is 0.202 e. The normalized spacial score (nSPS) is 19.8. The van der Waals surface area contributed by atoms with Crippen LogP contribution in [0.2, 0.25) is 0 Å². The molecule has 3 heterocycles. The Balaban J connectivity index is 1.95. The van der Waals surface area contributed by atoms with E-state index in [2.05, 4.69) is 21.6 Å². The van der Waals surface area contributed by atoms with E-state index in [-0.39, 0.29) is 6.10 Å². The first kappa shape index (κ1) is 13.4. The summed E-state index contributed by atoms with van der Waals surface area (Å²) in [5, 5.41) is 4.57. The Bertz CT molecular complexity index is 594. The summed E-state index contributed by atoms with van der Waals surface area (Å²) in [6, 6.07) is 0. The molecule has 0 saturated carbocycles. The first-order valence-electron chi connectivity index (χ1n) is 7.50. The van der Waals surface area contributed by atoms with E-state index >= 15 is 0 Å². The zero-order valence-electron chi connectivity index (χ0n) is 12.3. The molecule has 1 aliphatic rings. The zero-order valence-corrected chi connectivity index (χ0v) is 12.3. The molecule has 0 bridgehead atoms. The van der Waals surface area contributed by atoms with Gasteiger partial charge in [-0.3, -0.25) is 9.25 Å². The maximum Gasteiger partial charge on any atom is 0.202 e. The van der Waals surface area contributed by atoms with Crippen molar-refractivity contribution >= 4 is 17.1 Å². The van der Waals surface area contributed by atoms with Gasteiger partial charge in [-0.25, -0.2) is 4.98 Å². The van der Waals surface area contributed by atoms with Gasteiger partial charge in [0.2, 0.25) is 5.95 Å². The topological polar surface area (TPSA) is 70.9 Å². The van der Waals surface area contributed by atoms with Crippen molar-refractivity contribution in [3.8, 4) is 0 Å². The van der Waals surface area contributed by atoms with Crippen LogP contribution in [-0.2, 0) is 24.8 Å². The number of imidazole rings is 1. The monoisotopic (exact) mass is 277 g/mol. The number of ether oxygens (including phenoxy) is 1. The van der Waals surface area contributed by atoms with Gasteiger partial charge >= 0.3 is 0 Å². The van der Waals surface area contributed by atoms with Crippen molar-refractivity contribution in [2.24, 2.45) is 7.05 Å². The lowest BCUT2D eigenvalue weighted by molar-refractivity contribution is 0.00679. The fraction of sp³-hybridized carbons (Fsp3) is 0.714. The van der Waals surface area contributed by atoms with E-state index in [0.717, 1.165) is 55.7 Å². The van der Waals surface area contributed by atoms with E-state index in [0.29, 0.717) is 5.95 Å². The Hall–Kier alpha value is -1.56. The molecule has 0 amide bonds. The maximum atomic E-state index is 6.10. The van der Waals surface area contributed by atoms with Crippen molar-refractivity contribution < 1.29 is 4.74 Å². The molecule has 2 aromatic heterocycles. The molecule has 6 nitrogen and oxygen atoms in total. The van der Waals surface area contributed by atoms with Crippen LogP contribution in [0.15, 0.2) is 0 Å². The van der Waals surface area contributed by atoms with Gasteiger partial charge in [-0.15, -0.1) is 0 Å². The molecular formula is C14H23N5O. The molecule has 0 aliphatic carbocycles. The van der Waals surface area contributed by atoms with E-state index in [4.69, 9.17) is 10.5 Å². The van der Waals surface area contributed by atoms with Gasteiger partial charge in [-0.05, 0) is 25.7 Å². The van der Waals surface area contributed by atoms with E-state index in [1.54, 1.807) is 0 Å². The second-order valence-electron chi connectivity index (χ2n) is 5.56. The molecule has 1 aliphatic heterocycles. The van der Waals surface area contributed by atoms with Gasteiger partial charge < -0.3 is 10.5 Å². The van der Waals surface area contributed by atoms with Crippen molar-refractivity contribution in [2.75, 3.05) is 12.3 Å². The second-order valence-corrected chi connectivity index (χ2v) is 5.56. The molecule has 6 heteroatoms. The third-order valence-electron chi connectivity index (χ3n) is 3.97. The molecule has 1 atom stereocenters.